The number of ether oxygens (including phenoxy) is 1. The highest BCUT2D eigenvalue weighted by Gasteiger charge is 2.26. The van der Waals surface area contributed by atoms with Crippen LogP contribution in [0.25, 0.3) is 0 Å². The third kappa shape index (κ3) is 6.65. The lowest BCUT2D eigenvalue weighted by Gasteiger charge is -2.33. The van der Waals surface area contributed by atoms with Crippen LogP contribution in [-0.4, -0.2) is 42.1 Å². The third-order valence-corrected chi connectivity index (χ3v) is 3.38. The third-order valence-electron chi connectivity index (χ3n) is 3.38. The van der Waals surface area contributed by atoms with Crippen LogP contribution in [0.4, 0.5) is 4.79 Å². The van der Waals surface area contributed by atoms with Gasteiger partial charge in [-0.25, -0.2) is 9.79 Å². The molecular weight excluding hydrogens is 266 g/mol. The molecule has 0 aromatic rings. The highest BCUT2D eigenvalue weighted by Crippen LogP contribution is 2.15. The van der Waals surface area contributed by atoms with Gasteiger partial charge in [-0.3, -0.25) is 0 Å². The number of piperidine rings is 1. The van der Waals surface area contributed by atoms with Crippen molar-refractivity contribution < 1.29 is 9.53 Å². The van der Waals surface area contributed by atoms with Crippen molar-refractivity contribution >= 4 is 12.4 Å². The van der Waals surface area contributed by atoms with Gasteiger partial charge in [0.25, 0.3) is 0 Å². The molecule has 5 nitrogen and oxygen atoms in total. The first-order chi connectivity index (χ1) is 9.85. The molecule has 1 saturated heterocycles. The Bertz CT molecular complexity index is 389. The van der Waals surface area contributed by atoms with E-state index in [2.05, 4.69) is 17.2 Å². The van der Waals surface area contributed by atoms with Crippen molar-refractivity contribution in [3.05, 3.63) is 11.8 Å². The molecule has 0 aromatic heterocycles. The zero-order valence-corrected chi connectivity index (χ0v) is 14.0. The number of carbonyl (C=O) groups is 1. The molecule has 1 aliphatic heterocycles. The minimum Gasteiger partial charge on any atom is -0.444 e. The van der Waals surface area contributed by atoms with Gasteiger partial charge >= 0.3 is 6.09 Å². The van der Waals surface area contributed by atoms with E-state index in [9.17, 15) is 4.79 Å². The van der Waals surface area contributed by atoms with Crippen LogP contribution in [0.3, 0.4) is 0 Å². The Morgan fingerprint density at radius 1 is 1.38 bits per heavy atom. The minimum absolute atomic E-state index is 0.211. The van der Waals surface area contributed by atoms with Crippen molar-refractivity contribution in [2.45, 2.75) is 65.5 Å². The Labute approximate surface area is 128 Å². The second kappa shape index (κ2) is 8.05. The first-order valence-electron chi connectivity index (χ1n) is 7.77. The number of nitrogens with zero attached hydrogens (tertiary/aromatic N) is 2. The molecule has 0 atom stereocenters. The molecule has 1 heterocycles. The molecule has 1 rings (SSSR count). The van der Waals surface area contributed by atoms with Crippen molar-refractivity contribution in [1.82, 2.24) is 10.2 Å². The average molecular weight is 295 g/mol. The van der Waals surface area contributed by atoms with E-state index in [-0.39, 0.29) is 6.09 Å². The first-order valence-corrected chi connectivity index (χ1v) is 7.77. The Hall–Kier alpha value is -1.52. The lowest BCUT2D eigenvalue weighted by Crippen LogP contribution is -2.46. The van der Waals surface area contributed by atoms with Gasteiger partial charge in [-0.2, -0.15) is 0 Å². The van der Waals surface area contributed by atoms with E-state index in [1.54, 1.807) is 11.2 Å². The molecule has 0 bridgehead atoms. The van der Waals surface area contributed by atoms with Crippen molar-refractivity contribution in [2.75, 3.05) is 13.1 Å². The summed E-state index contributed by atoms with van der Waals surface area (Å²) in [5.74, 6) is 0. The second-order valence-electron chi connectivity index (χ2n) is 6.30. The summed E-state index contributed by atoms with van der Waals surface area (Å²) in [6, 6.07) is 0.377. The van der Waals surface area contributed by atoms with Gasteiger partial charge in [0.2, 0.25) is 0 Å². The van der Waals surface area contributed by atoms with Crippen LogP contribution in [-0.2, 0) is 4.74 Å². The summed E-state index contributed by atoms with van der Waals surface area (Å²) in [6.07, 6.45) is 6.36. The molecule has 0 radical (unpaired) electrons. The summed E-state index contributed by atoms with van der Waals surface area (Å²) in [5, 5.41) is 3.32. The summed E-state index contributed by atoms with van der Waals surface area (Å²) in [4.78, 5) is 18.1. The Morgan fingerprint density at radius 2 is 2.00 bits per heavy atom. The first kappa shape index (κ1) is 17.5. The average Bonchev–Trinajstić information content (AvgIpc) is 2.42. The number of allylic oxidation sites excluding steroid dienone is 2. The molecule has 120 valence electrons. The quantitative estimate of drug-likeness (QED) is 0.639. The van der Waals surface area contributed by atoms with Gasteiger partial charge in [-0.05, 0) is 47.0 Å². The van der Waals surface area contributed by atoms with E-state index in [1.165, 1.54) is 0 Å². The fourth-order valence-electron chi connectivity index (χ4n) is 2.15. The maximum absolute atomic E-state index is 12.0. The van der Waals surface area contributed by atoms with Crippen LogP contribution in [0.1, 0.15) is 53.9 Å². The summed E-state index contributed by atoms with van der Waals surface area (Å²) in [5.41, 5.74) is 0.649. The highest BCUT2D eigenvalue weighted by molar-refractivity contribution is 5.68. The molecule has 0 aliphatic carbocycles. The van der Waals surface area contributed by atoms with Gasteiger partial charge in [-0.1, -0.05) is 13.0 Å². The van der Waals surface area contributed by atoms with Crippen LogP contribution in [0.15, 0.2) is 16.8 Å². The predicted octanol–water partition coefficient (Wildman–Crippen LogP) is 3.32. The van der Waals surface area contributed by atoms with E-state index < -0.39 is 5.60 Å². The van der Waals surface area contributed by atoms with E-state index in [4.69, 9.17) is 4.74 Å². The van der Waals surface area contributed by atoms with Crippen molar-refractivity contribution in [2.24, 2.45) is 4.99 Å². The van der Waals surface area contributed by atoms with E-state index in [0.717, 1.165) is 38.0 Å². The monoisotopic (exact) mass is 295 g/mol. The Morgan fingerprint density at radius 3 is 2.48 bits per heavy atom. The number of hydrogen-bond acceptors (Lipinski definition) is 3. The fraction of sp³-hybridized carbons (Fsp3) is 0.750. The summed E-state index contributed by atoms with van der Waals surface area (Å²) < 4.78 is 5.39. The van der Waals surface area contributed by atoms with Crippen LogP contribution in [0.2, 0.25) is 0 Å². The lowest BCUT2D eigenvalue weighted by molar-refractivity contribution is 0.0203. The largest absolute Gasteiger partial charge is 0.444 e. The number of amides is 1. The fourth-order valence-corrected chi connectivity index (χ4v) is 2.15. The maximum Gasteiger partial charge on any atom is 0.410 e. The zero-order chi connectivity index (χ0) is 15.9. The van der Waals surface area contributed by atoms with Crippen LogP contribution < -0.4 is 5.32 Å². The number of hydrogen-bond donors (Lipinski definition) is 1. The van der Waals surface area contributed by atoms with E-state index in [0.29, 0.717) is 6.04 Å². The van der Waals surface area contributed by atoms with Crippen LogP contribution in [0.5, 0.6) is 0 Å². The summed E-state index contributed by atoms with van der Waals surface area (Å²) >= 11 is 0. The number of likely N-dealkylation sites (tertiary alicyclic amines) is 1. The van der Waals surface area contributed by atoms with E-state index in [1.807, 2.05) is 33.8 Å². The molecule has 0 spiro atoms. The molecule has 21 heavy (non-hydrogen) atoms. The number of aliphatic imine (C=N–C) groups is 1. The maximum atomic E-state index is 12.0. The number of rotatable bonds is 4. The molecule has 1 aliphatic rings. The standard InChI is InChI=1S/C16H29N3O2/c1-6-13(7-2)17-12-18-14-8-10-19(11-9-14)15(20)21-16(3,4)5/h6,12,14H,7-11H2,1-5H3,(H,17,18)/b13-6+. The topological polar surface area (TPSA) is 53.9 Å². The van der Waals surface area contributed by atoms with Crippen molar-refractivity contribution in [1.29, 1.82) is 0 Å². The molecule has 0 aromatic carbocycles. The number of carbonyl (C=O) groups excluding carboxylic acids is 1. The normalized spacial score (nSPS) is 18.1. The van der Waals surface area contributed by atoms with Gasteiger partial charge in [0.15, 0.2) is 0 Å². The molecule has 1 N–H and O–H groups in total. The zero-order valence-electron chi connectivity index (χ0n) is 14.0. The Kier molecular flexibility index (Phi) is 6.72. The van der Waals surface area contributed by atoms with Crippen LogP contribution >= 0.6 is 0 Å². The smallest absolute Gasteiger partial charge is 0.410 e. The second-order valence-corrected chi connectivity index (χ2v) is 6.30. The SMILES string of the molecule is C/C=C(CC)/N=C\NC1CCN(C(=O)OC(C)(C)C)CC1. The van der Waals surface area contributed by atoms with Crippen molar-refractivity contribution in [3.8, 4) is 0 Å². The molecule has 5 heteroatoms. The molecule has 1 fully saturated rings. The highest BCUT2D eigenvalue weighted by atomic mass is 16.6. The molecular formula is C16H29N3O2. The number of nitrogens with one attached hydrogen (secondary N) is 1. The van der Waals surface area contributed by atoms with Gasteiger partial charge < -0.3 is 15.0 Å². The van der Waals surface area contributed by atoms with Gasteiger partial charge in [0, 0.05) is 24.8 Å². The van der Waals surface area contributed by atoms with Gasteiger partial charge in [0.05, 0.1) is 6.34 Å². The van der Waals surface area contributed by atoms with E-state index >= 15 is 0 Å². The van der Waals surface area contributed by atoms with Gasteiger partial charge in [-0.15, -0.1) is 0 Å². The lowest BCUT2D eigenvalue weighted by atomic mass is 10.1. The van der Waals surface area contributed by atoms with Crippen molar-refractivity contribution in [3.63, 3.8) is 0 Å². The Balaban J connectivity index is 2.34. The molecule has 1 amide bonds. The predicted molar refractivity (Wildman–Crippen MR) is 86.5 cm³/mol. The molecule has 0 saturated carbocycles. The van der Waals surface area contributed by atoms with Crippen LogP contribution in [0, 0.1) is 0 Å². The molecule has 0 unspecified atom stereocenters. The summed E-state index contributed by atoms with van der Waals surface area (Å²) in [7, 11) is 0. The minimum atomic E-state index is -0.429. The summed E-state index contributed by atoms with van der Waals surface area (Å²) in [6.45, 7) is 11.2. The van der Waals surface area contributed by atoms with Gasteiger partial charge in [0.1, 0.15) is 5.60 Å².